The highest BCUT2D eigenvalue weighted by molar-refractivity contribution is 9.10. The molecule has 0 bridgehead atoms. The lowest BCUT2D eigenvalue weighted by molar-refractivity contribution is 0.0584. The number of nitrogens with zero attached hydrogens (tertiary/aromatic N) is 5. The minimum absolute atomic E-state index is 0.0477. The largest absolute Gasteiger partial charge is 0.497 e. The Kier molecular flexibility index (Phi) is 7.42. The smallest absolute Gasteiger partial charge is 0.332 e. The molecule has 4 rings (SSSR count). The molecule has 0 aliphatic rings. The van der Waals surface area contributed by atoms with Gasteiger partial charge in [-0.25, -0.2) is 5.84 Å². The van der Waals surface area contributed by atoms with Gasteiger partial charge in [-0.15, -0.1) is 0 Å². The molecule has 11 heteroatoms. The molecule has 37 heavy (non-hydrogen) atoms. The third-order valence-electron chi connectivity index (χ3n) is 6.03. The highest BCUT2D eigenvalue weighted by Gasteiger charge is 2.42. The van der Waals surface area contributed by atoms with E-state index in [4.69, 9.17) is 16.4 Å². The van der Waals surface area contributed by atoms with Crippen LogP contribution in [0.5, 0.6) is 5.75 Å². The number of amidine groups is 1. The second kappa shape index (κ2) is 10.5. The third kappa shape index (κ3) is 5.12. The van der Waals surface area contributed by atoms with Crippen molar-refractivity contribution < 1.29 is 13.5 Å². The maximum Gasteiger partial charge on any atom is 0.332 e. The van der Waals surface area contributed by atoms with Gasteiger partial charge in [-0.1, -0.05) is 46.3 Å². The van der Waals surface area contributed by atoms with Crippen molar-refractivity contribution in [1.82, 2.24) is 14.8 Å². The van der Waals surface area contributed by atoms with Crippen LogP contribution in [-0.4, -0.2) is 27.7 Å². The van der Waals surface area contributed by atoms with Crippen LogP contribution in [0.15, 0.2) is 70.2 Å². The molecule has 0 fully saturated rings. The van der Waals surface area contributed by atoms with E-state index in [2.05, 4.69) is 32.2 Å². The molecule has 0 radical (unpaired) electrons. The Labute approximate surface area is 220 Å². The number of aromatic nitrogens is 2. The van der Waals surface area contributed by atoms with E-state index < -0.39 is 11.8 Å². The van der Waals surface area contributed by atoms with Crippen LogP contribution >= 0.6 is 15.9 Å². The molecule has 8 nitrogen and oxygen atoms in total. The van der Waals surface area contributed by atoms with Gasteiger partial charge in [-0.2, -0.15) is 24.2 Å². The first kappa shape index (κ1) is 26.1. The number of hydrogen-bond acceptors (Lipinski definition) is 6. The van der Waals surface area contributed by atoms with Gasteiger partial charge in [0.1, 0.15) is 5.75 Å². The fraction of sp³-hybridized carbons (Fsp3) is 0.192. The van der Waals surface area contributed by atoms with Crippen molar-refractivity contribution in [1.29, 1.82) is 5.26 Å². The van der Waals surface area contributed by atoms with Crippen LogP contribution in [0.4, 0.5) is 8.78 Å². The number of fused-ring (bicyclic) bond motifs is 1. The minimum atomic E-state index is -3.60. The van der Waals surface area contributed by atoms with Crippen LogP contribution in [0.25, 0.3) is 10.9 Å². The molecule has 0 atom stereocenters. The Balaban J connectivity index is 1.69. The van der Waals surface area contributed by atoms with E-state index in [0.29, 0.717) is 39.0 Å². The number of benzene rings is 3. The van der Waals surface area contributed by atoms with Crippen molar-refractivity contribution in [2.24, 2.45) is 16.8 Å². The lowest BCUT2D eigenvalue weighted by Gasteiger charge is -2.26. The zero-order valence-corrected chi connectivity index (χ0v) is 21.7. The van der Waals surface area contributed by atoms with Crippen LogP contribution in [0.3, 0.4) is 0 Å². The van der Waals surface area contributed by atoms with Crippen LogP contribution in [-0.2, 0) is 19.0 Å². The molecule has 0 aliphatic carbocycles. The minimum Gasteiger partial charge on any atom is -0.497 e. The Morgan fingerprint density at radius 1 is 1.22 bits per heavy atom. The molecule has 190 valence electrons. The summed E-state index contributed by atoms with van der Waals surface area (Å²) in [5.74, 6) is 7.66. The van der Waals surface area contributed by atoms with Gasteiger partial charge in [0.25, 0.3) is 0 Å². The summed E-state index contributed by atoms with van der Waals surface area (Å²) >= 11 is 3.47. The Morgan fingerprint density at radius 3 is 2.59 bits per heavy atom. The predicted molar refractivity (Wildman–Crippen MR) is 141 cm³/mol. The molecule has 4 aromatic rings. The van der Waals surface area contributed by atoms with Crippen molar-refractivity contribution in [3.63, 3.8) is 0 Å². The van der Waals surface area contributed by atoms with E-state index in [1.807, 2.05) is 6.07 Å². The van der Waals surface area contributed by atoms with Gasteiger partial charge in [-0.3, -0.25) is 9.69 Å². The normalized spacial score (nSPS) is 12.0. The topological polar surface area (TPSA) is 118 Å². The molecule has 0 saturated carbocycles. The number of alkyl halides is 2. The fourth-order valence-electron chi connectivity index (χ4n) is 4.10. The molecule has 1 heterocycles. The number of hydrazone groups is 1. The van der Waals surface area contributed by atoms with Crippen LogP contribution in [0, 0.1) is 18.3 Å². The average molecular weight is 568 g/mol. The van der Waals surface area contributed by atoms with E-state index in [1.54, 1.807) is 54.1 Å². The molecule has 0 amide bonds. The number of rotatable bonds is 7. The van der Waals surface area contributed by atoms with E-state index in [-0.39, 0.29) is 18.7 Å². The first-order valence-electron chi connectivity index (χ1n) is 11.2. The van der Waals surface area contributed by atoms with Gasteiger partial charge < -0.3 is 10.6 Å². The zero-order chi connectivity index (χ0) is 26.7. The van der Waals surface area contributed by atoms with Crippen molar-refractivity contribution in [2.45, 2.75) is 25.9 Å². The van der Waals surface area contributed by atoms with Gasteiger partial charge in [0, 0.05) is 21.0 Å². The maximum absolute atomic E-state index is 15.7. The summed E-state index contributed by atoms with van der Waals surface area (Å²) in [4.78, 5) is 0. The Morgan fingerprint density at radius 2 is 1.95 bits per heavy atom. The molecule has 3 aromatic carbocycles. The van der Waals surface area contributed by atoms with E-state index in [9.17, 15) is 5.26 Å². The van der Waals surface area contributed by atoms with Gasteiger partial charge >= 0.3 is 5.92 Å². The quantitative estimate of drug-likeness (QED) is 0.144. The summed E-state index contributed by atoms with van der Waals surface area (Å²) in [5.41, 5.74) is 2.64. The summed E-state index contributed by atoms with van der Waals surface area (Å²) < 4.78 is 38.9. The lowest BCUT2D eigenvalue weighted by Crippen LogP contribution is -2.46. The predicted octanol–water partition coefficient (Wildman–Crippen LogP) is 4.78. The third-order valence-corrected chi connectivity index (χ3v) is 6.78. The van der Waals surface area contributed by atoms with E-state index >= 15 is 8.78 Å². The summed E-state index contributed by atoms with van der Waals surface area (Å²) in [6.07, 6.45) is 0. The van der Waals surface area contributed by atoms with Gasteiger partial charge in [0.15, 0.2) is 0 Å². The number of nitrogens with two attached hydrogens (primary N) is 2. The van der Waals surface area contributed by atoms with Crippen LogP contribution in [0.2, 0.25) is 0 Å². The van der Waals surface area contributed by atoms with E-state index in [0.717, 1.165) is 9.48 Å². The number of aryl methyl sites for hydroxylation is 1. The highest BCUT2D eigenvalue weighted by Crippen LogP contribution is 2.34. The summed E-state index contributed by atoms with van der Waals surface area (Å²) in [7, 11) is 1.54. The van der Waals surface area contributed by atoms with Crippen LogP contribution < -0.4 is 16.4 Å². The highest BCUT2D eigenvalue weighted by atomic mass is 79.9. The summed E-state index contributed by atoms with van der Waals surface area (Å²) in [6, 6.07) is 18.5. The number of halogens is 3. The molecule has 4 N–H and O–H groups in total. The molecule has 1 aromatic heterocycles. The van der Waals surface area contributed by atoms with Crippen molar-refractivity contribution in [2.75, 3.05) is 7.11 Å². The summed E-state index contributed by atoms with van der Waals surface area (Å²) in [6.45, 7) is 1.96. The first-order valence-corrected chi connectivity index (χ1v) is 11.9. The van der Waals surface area contributed by atoms with Gasteiger partial charge in [-0.05, 0) is 42.8 Å². The molecule has 0 aliphatic heterocycles. The molecule has 0 spiro atoms. The van der Waals surface area contributed by atoms with Crippen LogP contribution in [0.1, 0.15) is 27.9 Å². The molecule has 0 saturated heterocycles. The van der Waals surface area contributed by atoms with E-state index in [1.165, 1.54) is 19.2 Å². The average Bonchev–Trinajstić information content (AvgIpc) is 3.20. The SMILES string of the molecule is COc1ccc(CN(N)/C(=N\N)C(F)(F)c2ccc3c(C)nn(Cc4c(Br)cccc4C#N)c3c2)cc1. The van der Waals surface area contributed by atoms with Crippen molar-refractivity contribution >= 4 is 32.7 Å². The number of hydrazine groups is 1. The monoisotopic (exact) mass is 567 g/mol. The number of nitriles is 1. The second-order valence-electron chi connectivity index (χ2n) is 8.36. The fourth-order valence-corrected chi connectivity index (χ4v) is 4.59. The Bertz CT molecular complexity index is 1510. The van der Waals surface area contributed by atoms with Gasteiger partial charge in [0.2, 0.25) is 5.84 Å². The lowest BCUT2D eigenvalue weighted by atomic mass is 10.0. The first-order chi connectivity index (χ1) is 17.7. The summed E-state index contributed by atoms with van der Waals surface area (Å²) in [5, 5.41) is 18.9. The standard InChI is InChI=1S/C26H24BrF2N7O/c1-16-21-11-8-19(12-24(21)36(34-16)15-22-18(13-30)4-3-5-23(22)27)26(28,29)25(33-31)35(32)14-17-6-9-20(37-2)10-7-17/h3-12H,14-15,31-32H2,1-2H3/b33-25-. The maximum atomic E-state index is 15.7. The molecular formula is C26H24BrF2N7O. The Hall–Kier alpha value is -4.01. The number of hydrogen-bond donors (Lipinski definition) is 2. The van der Waals surface area contributed by atoms with Gasteiger partial charge in [0.05, 0.1) is 43.0 Å². The number of methoxy groups -OCH3 is 1. The molecule has 0 unspecified atom stereocenters. The second-order valence-corrected chi connectivity index (χ2v) is 9.21. The van der Waals surface area contributed by atoms with Crippen molar-refractivity contribution in [3.05, 3.63) is 93.1 Å². The molecular weight excluding hydrogens is 544 g/mol. The number of ether oxygens (including phenoxy) is 1. The van der Waals surface area contributed by atoms with Crippen molar-refractivity contribution in [3.8, 4) is 11.8 Å². The zero-order valence-electron chi connectivity index (χ0n) is 20.1.